The molecule has 13 heteroatoms. The molecule has 244 valence electrons. The molecular formula is C33H40N6O6S. The van der Waals surface area contributed by atoms with E-state index in [1.54, 1.807) is 23.2 Å². The molecule has 0 unspecified atom stereocenters. The number of nitrogens with zero attached hydrogens (tertiary/aromatic N) is 5. The number of fused-ring (bicyclic) bond motifs is 1. The number of aromatic nitrogens is 3. The number of benzene rings is 2. The Labute approximate surface area is 269 Å². The van der Waals surface area contributed by atoms with Crippen LogP contribution in [0.15, 0.2) is 71.8 Å². The first-order valence-corrected chi connectivity index (χ1v) is 16.5. The first-order chi connectivity index (χ1) is 21.8. The van der Waals surface area contributed by atoms with Crippen LogP contribution in [0, 0.1) is 0 Å². The summed E-state index contributed by atoms with van der Waals surface area (Å²) in [5, 5.41) is 8.95. The Morgan fingerprint density at radius 1 is 1.04 bits per heavy atom. The molecule has 1 aliphatic heterocycles. The second-order valence-electron chi connectivity index (χ2n) is 12.5. The van der Waals surface area contributed by atoms with Crippen LogP contribution < -0.4 is 10.1 Å². The topological polar surface area (TPSA) is 136 Å². The summed E-state index contributed by atoms with van der Waals surface area (Å²) in [5.74, 6) is 0.795. The molecule has 1 N–H and O–H groups in total. The third-order valence-electron chi connectivity index (χ3n) is 7.93. The summed E-state index contributed by atoms with van der Waals surface area (Å²) in [7, 11) is -0.634. The van der Waals surface area contributed by atoms with Crippen molar-refractivity contribution in [3.05, 3.63) is 72.4 Å². The lowest BCUT2D eigenvalue weighted by Gasteiger charge is -2.41. The second kappa shape index (κ2) is 13.1. The minimum atomic E-state index is -3.60. The van der Waals surface area contributed by atoms with Crippen LogP contribution in [0.5, 0.6) is 5.88 Å². The highest BCUT2D eigenvalue weighted by Gasteiger charge is 2.41. The van der Waals surface area contributed by atoms with Crippen LogP contribution in [0.1, 0.15) is 45.6 Å². The Hall–Kier alpha value is -4.49. The standard InChI is InChI=1S/C33H40N6O6S/c1-32(2,3)45-31(41)38-20-16-33(17-21-38,18-22-40)39-27-15-19-34-30(44-23-24-9-7-6-8-10-24)28(27)29(36-39)35-25-11-13-26(14-12-25)46(42,43)37(4)5/h6-15,19,22H,16-18,20-21,23H2,1-5H3,(H,35,36). The molecule has 2 aromatic carbocycles. The largest absolute Gasteiger partial charge is 0.472 e. The zero-order chi connectivity index (χ0) is 33.1. The third-order valence-corrected chi connectivity index (χ3v) is 9.76. The first-order valence-electron chi connectivity index (χ1n) is 15.1. The van der Waals surface area contributed by atoms with Crippen molar-refractivity contribution in [1.82, 2.24) is 24.0 Å². The van der Waals surface area contributed by atoms with Gasteiger partial charge >= 0.3 is 6.09 Å². The van der Waals surface area contributed by atoms with E-state index in [0.717, 1.165) is 16.2 Å². The van der Waals surface area contributed by atoms with Gasteiger partial charge in [-0.05, 0) is 69.5 Å². The lowest BCUT2D eigenvalue weighted by Crippen LogP contribution is -2.49. The number of pyridine rings is 1. The summed E-state index contributed by atoms with van der Waals surface area (Å²) in [4.78, 5) is 31.3. The van der Waals surface area contributed by atoms with Crippen LogP contribution >= 0.6 is 0 Å². The van der Waals surface area contributed by atoms with E-state index >= 15 is 0 Å². The number of amides is 1. The Kier molecular flexibility index (Phi) is 9.36. The molecule has 1 saturated heterocycles. The van der Waals surface area contributed by atoms with E-state index in [4.69, 9.17) is 14.6 Å². The van der Waals surface area contributed by atoms with Gasteiger partial charge in [-0.1, -0.05) is 30.3 Å². The Bertz CT molecular complexity index is 1790. The lowest BCUT2D eigenvalue weighted by atomic mass is 9.85. The van der Waals surface area contributed by atoms with Gasteiger partial charge in [0.05, 0.1) is 16.0 Å². The van der Waals surface area contributed by atoms with Crippen molar-refractivity contribution in [2.75, 3.05) is 32.5 Å². The molecule has 1 fully saturated rings. The number of anilines is 2. The van der Waals surface area contributed by atoms with Gasteiger partial charge in [-0.3, -0.25) is 4.68 Å². The van der Waals surface area contributed by atoms with Crippen molar-refractivity contribution in [2.24, 2.45) is 0 Å². The predicted octanol–water partition coefficient (Wildman–Crippen LogP) is 5.32. The predicted molar refractivity (Wildman–Crippen MR) is 175 cm³/mol. The van der Waals surface area contributed by atoms with Crippen molar-refractivity contribution in [3.8, 4) is 5.88 Å². The van der Waals surface area contributed by atoms with E-state index in [1.165, 1.54) is 26.2 Å². The van der Waals surface area contributed by atoms with Crippen LogP contribution in [0.2, 0.25) is 0 Å². The number of hydrogen-bond acceptors (Lipinski definition) is 9. The lowest BCUT2D eigenvalue weighted by molar-refractivity contribution is -0.110. The average Bonchev–Trinajstić information content (AvgIpc) is 3.40. The average molecular weight is 649 g/mol. The highest BCUT2D eigenvalue weighted by molar-refractivity contribution is 7.89. The highest BCUT2D eigenvalue weighted by Crippen LogP contribution is 2.41. The maximum Gasteiger partial charge on any atom is 0.410 e. The summed E-state index contributed by atoms with van der Waals surface area (Å²) >= 11 is 0. The summed E-state index contributed by atoms with van der Waals surface area (Å²) in [6, 6.07) is 18.0. The number of carbonyl (C=O) groups excluding carboxylic acids is 2. The number of ether oxygens (including phenoxy) is 2. The minimum absolute atomic E-state index is 0.161. The molecule has 3 heterocycles. The maximum absolute atomic E-state index is 12.8. The second-order valence-corrected chi connectivity index (χ2v) is 14.7. The minimum Gasteiger partial charge on any atom is -0.472 e. The monoisotopic (exact) mass is 648 g/mol. The van der Waals surface area contributed by atoms with Crippen LogP contribution in [-0.4, -0.2) is 77.6 Å². The quantitative estimate of drug-likeness (QED) is 0.227. The third kappa shape index (κ3) is 7.00. The normalized spacial score (nSPS) is 15.1. The number of piperidine rings is 1. The zero-order valence-corrected chi connectivity index (χ0v) is 27.6. The molecule has 0 saturated carbocycles. The highest BCUT2D eigenvalue weighted by atomic mass is 32.2. The van der Waals surface area contributed by atoms with E-state index in [9.17, 15) is 18.0 Å². The van der Waals surface area contributed by atoms with Crippen molar-refractivity contribution in [3.63, 3.8) is 0 Å². The Morgan fingerprint density at radius 2 is 1.72 bits per heavy atom. The molecule has 12 nitrogen and oxygen atoms in total. The molecule has 4 aromatic rings. The number of nitrogens with one attached hydrogen (secondary N) is 1. The molecule has 0 aliphatic carbocycles. The van der Waals surface area contributed by atoms with Crippen LogP contribution in [0.3, 0.4) is 0 Å². The molecular weight excluding hydrogens is 608 g/mol. The fraction of sp³-hybridized carbons (Fsp3) is 0.394. The van der Waals surface area contributed by atoms with Gasteiger partial charge in [0.25, 0.3) is 0 Å². The van der Waals surface area contributed by atoms with Crippen LogP contribution in [-0.2, 0) is 31.7 Å². The summed E-state index contributed by atoms with van der Waals surface area (Å²) < 4.78 is 40.1. The van der Waals surface area contributed by atoms with Gasteiger partial charge in [0.2, 0.25) is 15.9 Å². The van der Waals surface area contributed by atoms with Crippen molar-refractivity contribution in [1.29, 1.82) is 0 Å². The zero-order valence-electron chi connectivity index (χ0n) is 26.8. The number of aldehydes is 1. The van der Waals surface area contributed by atoms with Gasteiger partial charge in [-0.15, -0.1) is 0 Å². The van der Waals surface area contributed by atoms with Gasteiger partial charge < -0.3 is 24.5 Å². The molecule has 0 bridgehead atoms. The smallest absolute Gasteiger partial charge is 0.410 e. The number of rotatable bonds is 10. The Morgan fingerprint density at radius 3 is 2.33 bits per heavy atom. The number of sulfonamides is 1. The van der Waals surface area contributed by atoms with E-state index in [2.05, 4.69) is 10.3 Å². The van der Waals surface area contributed by atoms with E-state index in [-0.39, 0.29) is 24.0 Å². The molecule has 46 heavy (non-hydrogen) atoms. The summed E-state index contributed by atoms with van der Waals surface area (Å²) in [6.45, 7) is 6.54. The molecule has 1 aliphatic rings. The van der Waals surface area contributed by atoms with E-state index < -0.39 is 21.2 Å². The SMILES string of the molecule is CN(C)S(=O)(=O)c1ccc(Nc2nn(C3(CC=O)CCN(C(=O)OC(C)(C)C)CC3)c3ccnc(OCc4ccccc4)c23)cc1. The van der Waals surface area contributed by atoms with E-state index in [1.807, 2.05) is 61.9 Å². The first kappa shape index (κ1) is 32.9. The number of likely N-dealkylation sites (tertiary alicyclic amines) is 1. The van der Waals surface area contributed by atoms with Crippen LogP contribution in [0.4, 0.5) is 16.3 Å². The summed E-state index contributed by atoms with van der Waals surface area (Å²) in [6.07, 6.45) is 3.28. The maximum atomic E-state index is 12.8. The summed E-state index contributed by atoms with van der Waals surface area (Å²) in [5.41, 5.74) is 0.935. The number of hydrogen-bond donors (Lipinski definition) is 1. The van der Waals surface area contributed by atoms with Gasteiger partial charge in [0, 0.05) is 45.5 Å². The molecule has 0 atom stereocenters. The van der Waals surface area contributed by atoms with Crippen LogP contribution in [0.25, 0.3) is 10.9 Å². The fourth-order valence-electron chi connectivity index (χ4n) is 5.47. The van der Waals surface area contributed by atoms with Gasteiger partial charge in [-0.25, -0.2) is 22.5 Å². The molecule has 5 rings (SSSR count). The Balaban J connectivity index is 1.54. The number of carbonyl (C=O) groups is 2. The van der Waals surface area contributed by atoms with Gasteiger partial charge in [-0.2, -0.15) is 5.10 Å². The van der Waals surface area contributed by atoms with Crippen molar-refractivity contribution < 1.29 is 27.5 Å². The molecule has 1 amide bonds. The van der Waals surface area contributed by atoms with Crippen molar-refractivity contribution in [2.45, 2.75) is 62.7 Å². The van der Waals surface area contributed by atoms with Gasteiger partial charge in [0.15, 0.2) is 5.82 Å². The van der Waals surface area contributed by atoms with E-state index in [0.29, 0.717) is 54.2 Å². The van der Waals surface area contributed by atoms with Crippen molar-refractivity contribution >= 4 is 44.8 Å². The van der Waals surface area contributed by atoms with Gasteiger partial charge in [0.1, 0.15) is 23.9 Å². The molecule has 2 aromatic heterocycles. The fourth-order valence-corrected chi connectivity index (χ4v) is 6.37. The molecule has 0 radical (unpaired) electrons. The molecule has 0 spiro atoms.